The van der Waals surface area contributed by atoms with Crippen LogP contribution in [0, 0.1) is 11.7 Å². The summed E-state index contributed by atoms with van der Waals surface area (Å²) in [5.74, 6) is -1.77. The van der Waals surface area contributed by atoms with E-state index in [1.807, 2.05) is 0 Å². The van der Waals surface area contributed by atoms with Crippen molar-refractivity contribution in [2.45, 2.75) is 56.3 Å². The smallest absolute Gasteiger partial charge is 0.254 e. The third kappa shape index (κ3) is 4.38. The van der Waals surface area contributed by atoms with Crippen LogP contribution in [0.2, 0.25) is 5.54 Å². The van der Waals surface area contributed by atoms with Crippen molar-refractivity contribution in [3.8, 4) is 0 Å². The van der Waals surface area contributed by atoms with E-state index in [1.165, 1.54) is 18.3 Å². The lowest BCUT2D eigenvalue weighted by atomic mass is 9.78. The number of hydrogen-bond acceptors (Lipinski definition) is 5. The van der Waals surface area contributed by atoms with Crippen molar-refractivity contribution in [1.29, 1.82) is 0 Å². The van der Waals surface area contributed by atoms with Gasteiger partial charge < -0.3 is 10.2 Å². The topological polar surface area (TPSA) is 108 Å². The predicted molar refractivity (Wildman–Crippen MR) is 124 cm³/mol. The second-order valence-corrected chi connectivity index (χ2v) is 9.94. The Kier molecular flexibility index (Phi) is 6.22. The van der Waals surface area contributed by atoms with Gasteiger partial charge in [0, 0.05) is 52.1 Å². The Labute approximate surface area is 205 Å². The van der Waals surface area contributed by atoms with E-state index in [0.29, 0.717) is 23.1 Å². The van der Waals surface area contributed by atoms with Crippen molar-refractivity contribution < 1.29 is 23.6 Å². The summed E-state index contributed by atoms with van der Waals surface area (Å²) in [5.41, 5.74) is 1.00. The molecule has 3 aliphatic rings. The Balaban J connectivity index is 1.36. The third-order valence-electron chi connectivity index (χ3n) is 7.19. The number of pyridine rings is 1. The molecule has 35 heavy (non-hydrogen) atoms. The number of fused-ring (bicyclic) bond motifs is 1. The average Bonchev–Trinajstić information content (AvgIpc) is 3.06. The fourth-order valence-electron chi connectivity index (χ4n) is 5.02. The SMILES string of the molecule is O=C1CC[C@H](N2Cc3cc(C(=O)N[C@H](c4ncccc4F)C4CCC4)ccc3C2=O)C([Si])C(=O)N1. The minimum atomic E-state index is -0.723. The third-order valence-corrected chi connectivity index (χ3v) is 7.83. The summed E-state index contributed by atoms with van der Waals surface area (Å²) in [6.07, 6.45) is 4.81. The standard InChI is InChI=1S/C25H24FN4O4Si/c26-17-5-2-10-27-21(17)20(13-3-1-4-13)29-23(32)14-6-7-16-15(11-14)12-30(25(16)34)18-8-9-19(31)28-24(33)22(18)35/h2,5-7,10-11,13,18,20,22H,1,3-4,8-9,12H2,(H,29,32)(H,28,31,33)/t18-,20-,22?/m0/s1. The van der Waals surface area contributed by atoms with E-state index in [0.717, 1.165) is 19.3 Å². The fourth-order valence-corrected chi connectivity index (χ4v) is 5.44. The van der Waals surface area contributed by atoms with Gasteiger partial charge in [0.05, 0.1) is 11.7 Å². The maximum absolute atomic E-state index is 14.5. The first-order chi connectivity index (χ1) is 16.8. The van der Waals surface area contributed by atoms with Crippen LogP contribution in [0.15, 0.2) is 36.5 Å². The molecule has 3 radical (unpaired) electrons. The number of nitrogens with zero attached hydrogens (tertiary/aromatic N) is 2. The number of nitrogens with one attached hydrogen (secondary N) is 2. The van der Waals surface area contributed by atoms with Crippen molar-refractivity contribution in [2.75, 3.05) is 0 Å². The molecule has 8 nitrogen and oxygen atoms in total. The summed E-state index contributed by atoms with van der Waals surface area (Å²) >= 11 is 0. The molecule has 1 saturated heterocycles. The van der Waals surface area contributed by atoms with Gasteiger partial charge in [-0.2, -0.15) is 0 Å². The minimum absolute atomic E-state index is 0.120. The van der Waals surface area contributed by atoms with E-state index in [9.17, 15) is 23.6 Å². The number of carbonyl (C=O) groups excluding carboxylic acids is 4. The van der Waals surface area contributed by atoms with Gasteiger partial charge in [0.25, 0.3) is 11.8 Å². The summed E-state index contributed by atoms with van der Waals surface area (Å²) in [6, 6.07) is 6.69. The van der Waals surface area contributed by atoms with Gasteiger partial charge in [-0.05, 0) is 61.1 Å². The van der Waals surface area contributed by atoms with E-state index in [-0.39, 0.29) is 42.3 Å². The molecule has 3 heterocycles. The van der Waals surface area contributed by atoms with Crippen molar-refractivity contribution in [2.24, 2.45) is 5.92 Å². The number of amides is 4. The zero-order chi connectivity index (χ0) is 24.7. The summed E-state index contributed by atoms with van der Waals surface area (Å²) in [4.78, 5) is 56.0. The van der Waals surface area contributed by atoms with Crippen molar-refractivity contribution >= 4 is 33.9 Å². The number of hydrogen-bond donors (Lipinski definition) is 2. The maximum Gasteiger partial charge on any atom is 0.254 e. The Hall–Kier alpha value is -3.40. The van der Waals surface area contributed by atoms with E-state index >= 15 is 0 Å². The molecule has 10 heteroatoms. The zero-order valence-electron chi connectivity index (χ0n) is 18.9. The second kappa shape index (κ2) is 9.33. The first-order valence-corrected chi connectivity index (χ1v) is 12.3. The molecule has 1 aromatic carbocycles. The first kappa shape index (κ1) is 23.3. The monoisotopic (exact) mass is 491 g/mol. The molecule has 2 N–H and O–H groups in total. The van der Waals surface area contributed by atoms with Crippen LogP contribution in [0.3, 0.4) is 0 Å². The van der Waals surface area contributed by atoms with Gasteiger partial charge in [-0.1, -0.05) is 6.42 Å². The van der Waals surface area contributed by atoms with Crippen LogP contribution in [-0.2, 0) is 16.1 Å². The predicted octanol–water partition coefficient (Wildman–Crippen LogP) is 2.21. The van der Waals surface area contributed by atoms with Crippen LogP contribution in [-0.4, -0.2) is 49.8 Å². The number of carbonyl (C=O) groups is 4. The number of rotatable bonds is 5. The average molecular weight is 492 g/mol. The van der Waals surface area contributed by atoms with Gasteiger partial charge >= 0.3 is 0 Å². The van der Waals surface area contributed by atoms with Crippen LogP contribution in [0.5, 0.6) is 0 Å². The molecule has 5 rings (SSSR count). The van der Waals surface area contributed by atoms with Gasteiger partial charge in [-0.15, -0.1) is 0 Å². The molecule has 0 bridgehead atoms. The zero-order valence-corrected chi connectivity index (χ0v) is 19.9. The van der Waals surface area contributed by atoms with Crippen LogP contribution in [0.25, 0.3) is 0 Å². The molecule has 0 spiro atoms. The Morgan fingerprint density at radius 1 is 1.20 bits per heavy atom. The molecule has 1 aliphatic carbocycles. The molecule has 3 atom stereocenters. The molecule has 1 aromatic heterocycles. The normalized spacial score (nSPS) is 23.3. The molecular weight excluding hydrogens is 467 g/mol. The molecule has 4 amide bonds. The summed E-state index contributed by atoms with van der Waals surface area (Å²) < 4.78 is 14.5. The van der Waals surface area contributed by atoms with E-state index < -0.39 is 29.3 Å². The molecule has 2 aromatic rings. The van der Waals surface area contributed by atoms with Crippen LogP contribution < -0.4 is 10.6 Å². The quantitative estimate of drug-likeness (QED) is 0.493. The largest absolute Gasteiger partial charge is 0.343 e. The second-order valence-electron chi connectivity index (χ2n) is 9.31. The number of imide groups is 1. The highest BCUT2D eigenvalue weighted by Crippen LogP contribution is 2.38. The fraction of sp³-hybridized carbons (Fsp3) is 0.400. The van der Waals surface area contributed by atoms with Gasteiger partial charge in [0.1, 0.15) is 5.82 Å². The summed E-state index contributed by atoms with van der Waals surface area (Å²) in [5, 5.41) is 5.27. The van der Waals surface area contributed by atoms with Gasteiger partial charge in [-0.3, -0.25) is 29.5 Å². The lowest BCUT2D eigenvalue weighted by Crippen LogP contribution is -2.42. The summed E-state index contributed by atoms with van der Waals surface area (Å²) in [7, 11) is 3.40. The van der Waals surface area contributed by atoms with E-state index in [1.54, 1.807) is 23.1 Å². The highest BCUT2D eigenvalue weighted by atomic mass is 28.1. The highest BCUT2D eigenvalue weighted by molar-refractivity contribution is 6.26. The molecular formula is C25H24FN4O4Si. The first-order valence-electron chi connectivity index (χ1n) is 11.7. The molecule has 2 aliphatic heterocycles. The Morgan fingerprint density at radius 3 is 2.71 bits per heavy atom. The Bertz CT molecular complexity index is 1220. The van der Waals surface area contributed by atoms with Crippen LogP contribution in [0.1, 0.15) is 70.1 Å². The highest BCUT2D eigenvalue weighted by Gasteiger charge is 2.40. The number of benzene rings is 1. The summed E-state index contributed by atoms with van der Waals surface area (Å²) in [6.45, 7) is 0.226. The molecule has 2 fully saturated rings. The Morgan fingerprint density at radius 2 is 2.00 bits per heavy atom. The molecule has 1 saturated carbocycles. The number of aromatic nitrogens is 1. The molecule has 179 valence electrons. The van der Waals surface area contributed by atoms with E-state index in [2.05, 4.69) is 25.9 Å². The van der Waals surface area contributed by atoms with Crippen molar-refractivity contribution in [1.82, 2.24) is 20.5 Å². The van der Waals surface area contributed by atoms with Gasteiger partial charge in [0.15, 0.2) is 0 Å². The van der Waals surface area contributed by atoms with Gasteiger partial charge in [0.2, 0.25) is 11.8 Å². The molecule has 1 unspecified atom stereocenters. The van der Waals surface area contributed by atoms with Crippen LogP contribution in [0.4, 0.5) is 4.39 Å². The maximum atomic E-state index is 14.5. The van der Waals surface area contributed by atoms with Gasteiger partial charge in [-0.25, -0.2) is 4.39 Å². The number of halogens is 1. The lowest BCUT2D eigenvalue weighted by molar-refractivity contribution is -0.129. The minimum Gasteiger partial charge on any atom is -0.343 e. The van der Waals surface area contributed by atoms with Crippen molar-refractivity contribution in [3.63, 3.8) is 0 Å². The van der Waals surface area contributed by atoms with Crippen molar-refractivity contribution in [3.05, 3.63) is 64.7 Å². The van der Waals surface area contributed by atoms with Crippen LogP contribution >= 0.6 is 0 Å². The van der Waals surface area contributed by atoms with E-state index in [4.69, 9.17) is 0 Å². The lowest BCUT2D eigenvalue weighted by Gasteiger charge is -2.34.